The van der Waals surface area contributed by atoms with Crippen molar-refractivity contribution in [2.45, 2.75) is 13.8 Å². The molecule has 0 aliphatic rings. The van der Waals surface area contributed by atoms with Gasteiger partial charge in [0.2, 0.25) is 0 Å². The maximum Gasteiger partial charge on any atom is 0.113 e. The van der Waals surface area contributed by atoms with Crippen LogP contribution in [0.4, 0.5) is 0 Å². The second-order valence-electron chi connectivity index (χ2n) is 3.59. The Morgan fingerprint density at radius 2 is 2.24 bits per heavy atom. The van der Waals surface area contributed by atoms with Gasteiger partial charge in [0.25, 0.3) is 0 Å². The standard InChI is InChI=1S/C12H17N5/c1-8(6-12-7-14-15-10(12)3)9(2)16-17-11(4)13-5/h6-7,15H,1,3H2,2,4-5H3,(H,13,17)/b12-6-,16-9+. The molecule has 0 saturated heterocycles. The van der Waals surface area contributed by atoms with E-state index < -0.39 is 0 Å². The van der Waals surface area contributed by atoms with E-state index in [4.69, 9.17) is 0 Å². The minimum atomic E-state index is 0.748. The Bertz CT molecular complexity index is 562. The molecule has 0 spiro atoms. The molecule has 1 aromatic heterocycles. The zero-order valence-corrected chi connectivity index (χ0v) is 10.4. The SMILES string of the molecule is C=C(/C=c1/cn[nH]c1=C)/C(C)=N/NC(C)=NC. The maximum atomic E-state index is 4.16. The molecule has 17 heavy (non-hydrogen) atoms. The average Bonchev–Trinajstić information content (AvgIpc) is 2.71. The molecule has 5 nitrogen and oxygen atoms in total. The zero-order valence-electron chi connectivity index (χ0n) is 10.4. The summed E-state index contributed by atoms with van der Waals surface area (Å²) in [6.45, 7) is 11.5. The summed E-state index contributed by atoms with van der Waals surface area (Å²) >= 11 is 0. The Morgan fingerprint density at radius 1 is 1.53 bits per heavy atom. The smallest absolute Gasteiger partial charge is 0.113 e. The van der Waals surface area contributed by atoms with Crippen LogP contribution >= 0.6 is 0 Å². The fourth-order valence-corrected chi connectivity index (χ4v) is 1.03. The largest absolute Gasteiger partial charge is 0.278 e. The molecule has 0 radical (unpaired) electrons. The first-order chi connectivity index (χ1) is 8.04. The van der Waals surface area contributed by atoms with E-state index in [1.165, 1.54) is 0 Å². The number of amidine groups is 1. The van der Waals surface area contributed by atoms with Gasteiger partial charge in [-0.2, -0.15) is 10.2 Å². The summed E-state index contributed by atoms with van der Waals surface area (Å²) in [6, 6.07) is 0. The van der Waals surface area contributed by atoms with Crippen LogP contribution in [0.25, 0.3) is 12.7 Å². The van der Waals surface area contributed by atoms with Gasteiger partial charge < -0.3 is 0 Å². The van der Waals surface area contributed by atoms with Gasteiger partial charge in [-0.25, -0.2) is 0 Å². The van der Waals surface area contributed by atoms with Gasteiger partial charge in [0.15, 0.2) is 0 Å². The van der Waals surface area contributed by atoms with Crippen LogP contribution in [0.2, 0.25) is 0 Å². The van der Waals surface area contributed by atoms with Crippen molar-refractivity contribution in [3.05, 3.63) is 28.9 Å². The zero-order chi connectivity index (χ0) is 12.8. The molecule has 2 N–H and O–H groups in total. The number of aromatic amines is 1. The first kappa shape index (κ1) is 12.9. The average molecular weight is 231 g/mol. The molecule has 0 fully saturated rings. The fourth-order valence-electron chi connectivity index (χ4n) is 1.03. The monoisotopic (exact) mass is 231 g/mol. The number of allylic oxidation sites excluding steroid dienone is 1. The summed E-state index contributed by atoms with van der Waals surface area (Å²) in [6.07, 6.45) is 3.58. The van der Waals surface area contributed by atoms with E-state index >= 15 is 0 Å². The summed E-state index contributed by atoms with van der Waals surface area (Å²) in [7, 11) is 1.70. The summed E-state index contributed by atoms with van der Waals surface area (Å²) < 4.78 is 0. The molecule has 0 bridgehead atoms. The van der Waals surface area contributed by atoms with Crippen LogP contribution in [0.5, 0.6) is 0 Å². The van der Waals surface area contributed by atoms with Crippen molar-refractivity contribution < 1.29 is 0 Å². The highest BCUT2D eigenvalue weighted by molar-refractivity contribution is 6.05. The second kappa shape index (κ2) is 5.79. The van der Waals surface area contributed by atoms with Gasteiger partial charge in [-0.15, -0.1) is 0 Å². The lowest BCUT2D eigenvalue weighted by atomic mass is 10.2. The third-order valence-corrected chi connectivity index (χ3v) is 2.27. The maximum absolute atomic E-state index is 4.16. The van der Waals surface area contributed by atoms with Crippen molar-refractivity contribution in [1.29, 1.82) is 0 Å². The minimum absolute atomic E-state index is 0.748. The first-order valence-corrected chi connectivity index (χ1v) is 5.17. The molecular weight excluding hydrogens is 214 g/mol. The third kappa shape index (κ3) is 3.71. The van der Waals surface area contributed by atoms with E-state index in [0.717, 1.165) is 27.7 Å². The minimum Gasteiger partial charge on any atom is -0.278 e. The molecule has 1 heterocycles. The normalized spacial score (nSPS) is 13.9. The van der Waals surface area contributed by atoms with Gasteiger partial charge in [-0.3, -0.25) is 15.5 Å². The van der Waals surface area contributed by atoms with Crippen molar-refractivity contribution in [1.82, 2.24) is 15.6 Å². The Hall–Kier alpha value is -2.17. The van der Waals surface area contributed by atoms with Crippen molar-refractivity contribution in [2.75, 3.05) is 7.05 Å². The predicted octanol–water partition coefficient (Wildman–Crippen LogP) is 0.170. The number of hydrazone groups is 1. The molecule has 90 valence electrons. The van der Waals surface area contributed by atoms with Crippen LogP contribution in [-0.4, -0.2) is 28.8 Å². The van der Waals surface area contributed by atoms with E-state index in [0.29, 0.717) is 0 Å². The van der Waals surface area contributed by atoms with E-state index in [1.807, 2.05) is 19.9 Å². The van der Waals surface area contributed by atoms with Crippen LogP contribution in [0.15, 0.2) is 28.4 Å². The van der Waals surface area contributed by atoms with Gasteiger partial charge in [-0.1, -0.05) is 13.2 Å². The highest BCUT2D eigenvalue weighted by Gasteiger charge is 1.96. The van der Waals surface area contributed by atoms with Gasteiger partial charge in [0, 0.05) is 12.3 Å². The van der Waals surface area contributed by atoms with E-state index in [9.17, 15) is 0 Å². The Labute approximate surface area is 100 Å². The molecule has 0 saturated carbocycles. The molecule has 5 heteroatoms. The van der Waals surface area contributed by atoms with Crippen molar-refractivity contribution >= 4 is 24.2 Å². The summed E-state index contributed by atoms with van der Waals surface area (Å²) in [5, 5.41) is 12.5. The van der Waals surface area contributed by atoms with Crippen LogP contribution in [0.3, 0.4) is 0 Å². The quantitative estimate of drug-likeness (QED) is 0.442. The number of hydrogen-bond donors (Lipinski definition) is 2. The van der Waals surface area contributed by atoms with Gasteiger partial charge >= 0.3 is 0 Å². The lowest BCUT2D eigenvalue weighted by Gasteiger charge is -2.01. The van der Waals surface area contributed by atoms with Gasteiger partial charge in [-0.05, 0) is 25.5 Å². The van der Waals surface area contributed by atoms with E-state index in [1.54, 1.807) is 13.2 Å². The number of nitrogens with zero attached hydrogens (tertiary/aromatic N) is 3. The predicted molar refractivity (Wildman–Crippen MR) is 72.2 cm³/mol. The topological polar surface area (TPSA) is 65.4 Å². The summed E-state index contributed by atoms with van der Waals surface area (Å²) in [4.78, 5) is 3.94. The third-order valence-electron chi connectivity index (χ3n) is 2.27. The van der Waals surface area contributed by atoms with Crippen molar-refractivity contribution in [3.8, 4) is 0 Å². The van der Waals surface area contributed by atoms with Crippen LogP contribution < -0.4 is 16.0 Å². The molecule has 1 rings (SSSR count). The van der Waals surface area contributed by atoms with Crippen molar-refractivity contribution in [2.24, 2.45) is 10.1 Å². The lowest BCUT2D eigenvalue weighted by Crippen LogP contribution is -2.21. The summed E-state index contributed by atoms with van der Waals surface area (Å²) in [5.41, 5.74) is 4.41. The Kier molecular flexibility index (Phi) is 4.39. The van der Waals surface area contributed by atoms with E-state index in [2.05, 4.69) is 38.9 Å². The number of H-pyrrole nitrogens is 1. The number of nitrogens with one attached hydrogen (secondary N) is 2. The molecule has 0 aliphatic heterocycles. The Morgan fingerprint density at radius 3 is 2.76 bits per heavy atom. The van der Waals surface area contributed by atoms with Crippen LogP contribution in [0, 0.1) is 0 Å². The fraction of sp³-hybridized carbons (Fsp3) is 0.250. The number of aromatic nitrogens is 2. The number of rotatable bonds is 3. The molecule has 0 amide bonds. The Balaban J connectivity index is 2.86. The molecule has 0 atom stereocenters. The van der Waals surface area contributed by atoms with E-state index in [-0.39, 0.29) is 0 Å². The molecule has 0 aromatic carbocycles. The first-order valence-electron chi connectivity index (χ1n) is 5.17. The number of aliphatic imine (C=N–C) groups is 1. The van der Waals surface area contributed by atoms with Crippen LogP contribution in [0.1, 0.15) is 13.8 Å². The van der Waals surface area contributed by atoms with Gasteiger partial charge in [0.1, 0.15) is 5.84 Å². The molecule has 0 aliphatic carbocycles. The molecular formula is C12H17N5. The van der Waals surface area contributed by atoms with Crippen LogP contribution in [-0.2, 0) is 0 Å². The molecule has 0 unspecified atom stereocenters. The van der Waals surface area contributed by atoms with Gasteiger partial charge in [0.05, 0.1) is 17.3 Å². The molecule has 1 aromatic rings. The van der Waals surface area contributed by atoms with Crippen molar-refractivity contribution in [3.63, 3.8) is 0 Å². The number of hydrogen-bond acceptors (Lipinski definition) is 3. The summed E-state index contributed by atoms with van der Waals surface area (Å²) in [5.74, 6) is 0.748. The second-order valence-corrected chi connectivity index (χ2v) is 3.59. The highest BCUT2D eigenvalue weighted by atomic mass is 15.3. The highest BCUT2D eigenvalue weighted by Crippen LogP contribution is 1.95. The lowest BCUT2D eigenvalue weighted by molar-refractivity contribution is 1.01.